The number of nitrogens with zero attached hydrogens (tertiary/aromatic N) is 5. The molecule has 6 rings (SSSR count). The SMILES string of the molecule is Cc1c2nc(NCC(=O)N3CCN(C4CCCC4)CC3)sc2cc2sc(NCC(=O)N(C)C3CCOCC3)nc12. The maximum Gasteiger partial charge on any atom is 0.242 e. The molecule has 2 N–H and O–H groups in total. The van der Waals surface area contributed by atoms with Crippen molar-refractivity contribution in [3.05, 3.63) is 11.6 Å². The van der Waals surface area contributed by atoms with Gasteiger partial charge in [0, 0.05) is 64.1 Å². The van der Waals surface area contributed by atoms with Gasteiger partial charge in [-0.05, 0) is 38.7 Å². The summed E-state index contributed by atoms with van der Waals surface area (Å²) in [4.78, 5) is 41.6. The van der Waals surface area contributed by atoms with E-state index in [9.17, 15) is 9.59 Å². The summed E-state index contributed by atoms with van der Waals surface area (Å²) in [7, 11) is 1.87. The van der Waals surface area contributed by atoms with Crippen molar-refractivity contribution in [1.29, 1.82) is 0 Å². The number of fused-ring (bicyclic) bond motifs is 2. The molecule has 2 saturated heterocycles. The first-order chi connectivity index (χ1) is 19.5. The Hall–Kier alpha value is -2.54. The topological polar surface area (TPSA) is 103 Å². The van der Waals surface area contributed by atoms with Crippen molar-refractivity contribution < 1.29 is 14.3 Å². The van der Waals surface area contributed by atoms with E-state index in [-0.39, 0.29) is 30.9 Å². The largest absolute Gasteiger partial charge is 0.381 e. The van der Waals surface area contributed by atoms with Crippen LogP contribution in [0.25, 0.3) is 20.4 Å². The summed E-state index contributed by atoms with van der Waals surface area (Å²) >= 11 is 3.12. The van der Waals surface area contributed by atoms with Gasteiger partial charge in [0.1, 0.15) is 0 Å². The van der Waals surface area contributed by atoms with Gasteiger partial charge in [0.2, 0.25) is 11.8 Å². The molecule has 0 bridgehead atoms. The normalized spacial score (nSPS) is 19.5. The lowest BCUT2D eigenvalue weighted by molar-refractivity contribution is -0.132. The molecular formula is C28H39N7O3S2. The first kappa shape index (κ1) is 27.6. The molecule has 3 aromatic rings. The average molecular weight is 586 g/mol. The van der Waals surface area contributed by atoms with Crippen LogP contribution in [0.5, 0.6) is 0 Å². The fourth-order valence-corrected chi connectivity index (χ4v) is 8.20. The lowest BCUT2D eigenvalue weighted by Gasteiger charge is -2.38. The first-order valence-electron chi connectivity index (χ1n) is 14.5. The highest BCUT2D eigenvalue weighted by Crippen LogP contribution is 2.37. The van der Waals surface area contributed by atoms with Crippen molar-refractivity contribution in [1.82, 2.24) is 24.7 Å². The van der Waals surface area contributed by atoms with Crippen molar-refractivity contribution in [2.24, 2.45) is 0 Å². The van der Waals surface area contributed by atoms with Crippen LogP contribution in [-0.2, 0) is 14.3 Å². The van der Waals surface area contributed by atoms with Gasteiger partial charge in [-0.3, -0.25) is 14.5 Å². The van der Waals surface area contributed by atoms with Gasteiger partial charge >= 0.3 is 0 Å². The van der Waals surface area contributed by atoms with E-state index in [2.05, 4.69) is 21.6 Å². The summed E-state index contributed by atoms with van der Waals surface area (Å²) in [5, 5.41) is 8.00. The van der Waals surface area contributed by atoms with Gasteiger partial charge in [-0.1, -0.05) is 35.5 Å². The number of ether oxygens (including phenoxy) is 1. The molecule has 0 atom stereocenters. The lowest BCUT2D eigenvalue weighted by atomic mass is 10.1. The van der Waals surface area contributed by atoms with Gasteiger partial charge in [0.05, 0.1) is 33.5 Å². The number of carbonyl (C=O) groups is 2. The number of hydrogen-bond acceptors (Lipinski definition) is 10. The number of carbonyl (C=O) groups excluding carboxylic acids is 2. The number of hydrogen-bond donors (Lipinski definition) is 2. The molecule has 0 spiro atoms. The third-order valence-electron chi connectivity index (χ3n) is 8.70. The van der Waals surface area contributed by atoms with E-state index in [1.165, 1.54) is 25.7 Å². The summed E-state index contributed by atoms with van der Waals surface area (Å²) < 4.78 is 7.54. The predicted octanol–water partition coefficient (Wildman–Crippen LogP) is 3.76. The summed E-state index contributed by atoms with van der Waals surface area (Å²) in [6.07, 6.45) is 7.08. The van der Waals surface area contributed by atoms with Crippen molar-refractivity contribution in [2.45, 2.75) is 57.5 Å². The molecule has 0 radical (unpaired) electrons. The molecule has 1 aliphatic carbocycles. The zero-order valence-electron chi connectivity index (χ0n) is 23.4. The Morgan fingerprint density at radius 2 is 1.55 bits per heavy atom. The second-order valence-electron chi connectivity index (χ2n) is 11.1. The van der Waals surface area contributed by atoms with E-state index >= 15 is 0 Å². The summed E-state index contributed by atoms with van der Waals surface area (Å²) in [6.45, 7) is 7.53. The second kappa shape index (κ2) is 12.1. The Labute approximate surface area is 243 Å². The van der Waals surface area contributed by atoms with Gasteiger partial charge < -0.3 is 25.2 Å². The number of amides is 2. The molecule has 3 aliphatic rings. The Morgan fingerprint density at radius 3 is 2.17 bits per heavy atom. The molecule has 2 amide bonds. The summed E-state index contributed by atoms with van der Waals surface area (Å²) in [6, 6.07) is 3.08. The van der Waals surface area contributed by atoms with E-state index in [0.29, 0.717) is 13.2 Å². The average Bonchev–Trinajstić information content (AvgIpc) is 3.75. The quantitative estimate of drug-likeness (QED) is 0.412. The van der Waals surface area contributed by atoms with Crippen molar-refractivity contribution >= 4 is 65.2 Å². The molecule has 10 nitrogen and oxygen atoms in total. The van der Waals surface area contributed by atoms with Crippen LogP contribution in [0.4, 0.5) is 10.3 Å². The number of benzene rings is 1. The van der Waals surface area contributed by atoms with Crippen molar-refractivity contribution in [2.75, 3.05) is 70.2 Å². The van der Waals surface area contributed by atoms with Gasteiger partial charge in [-0.25, -0.2) is 9.97 Å². The molecule has 12 heteroatoms. The third kappa shape index (κ3) is 5.90. The van der Waals surface area contributed by atoms with E-state index in [4.69, 9.17) is 14.7 Å². The maximum atomic E-state index is 12.9. The van der Waals surface area contributed by atoms with Crippen LogP contribution in [0.1, 0.15) is 44.1 Å². The van der Waals surface area contributed by atoms with Crippen molar-refractivity contribution in [3.8, 4) is 0 Å². The molecule has 0 unspecified atom stereocenters. The number of piperazine rings is 1. The van der Waals surface area contributed by atoms with Crippen LogP contribution in [0, 0.1) is 6.92 Å². The number of aromatic nitrogens is 2. The molecule has 2 aliphatic heterocycles. The molecule has 40 heavy (non-hydrogen) atoms. The number of anilines is 2. The lowest BCUT2D eigenvalue weighted by Crippen LogP contribution is -2.52. The van der Waals surface area contributed by atoms with Crippen molar-refractivity contribution in [3.63, 3.8) is 0 Å². The fourth-order valence-electron chi connectivity index (χ4n) is 6.20. The zero-order valence-corrected chi connectivity index (χ0v) is 25.0. The second-order valence-corrected chi connectivity index (χ2v) is 13.2. The molecule has 2 aromatic heterocycles. The van der Waals surface area contributed by atoms with Crippen LogP contribution < -0.4 is 10.6 Å². The highest BCUT2D eigenvalue weighted by atomic mass is 32.1. The summed E-state index contributed by atoms with van der Waals surface area (Å²) in [5.41, 5.74) is 2.82. The minimum atomic E-state index is 0.0616. The van der Waals surface area contributed by atoms with Gasteiger partial charge in [-0.15, -0.1) is 0 Å². The van der Waals surface area contributed by atoms with Gasteiger partial charge in [0.25, 0.3) is 0 Å². The zero-order chi connectivity index (χ0) is 27.6. The monoisotopic (exact) mass is 585 g/mol. The van der Waals surface area contributed by atoms with E-state index < -0.39 is 0 Å². The van der Waals surface area contributed by atoms with E-state index in [0.717, 1.165) is 81.3 Å². The highest BCUT2D eigenvalue weighted by Gasteiger charge is 2.28. The minimum absolute atomic E-state index is 0.0616. The molecule has 1 saturated carbocycles. The Morgan fingerprint density at radius 1 is 0.950 bits per heavy atom. The first-order valence-corrected chi connectivity index (χ1v) is 16.1. The fraction of sp³-hybridized carbons (Fsp3) is 0.643. The molecule has 3 fully saturated rings. The highest BCUT2D eigenvalue weighted by molar-refractivity contribution is 7.24. The van der Waals surface area contributed by atoms with Crippen LogP contribution in [0.2, 0.25) is 0 Å². The number of rotatable bonds is 8. The smallest absolute Gasteiger partial charge is 0.242 e. The number of nitrogens with one attached hydrogen (secondary N) is 2. The number of likely N-dealkylation sites (N-methyl/N-ethyl adjacent to an activating group) is 1. The van der Waals surface area contributed by atoms with E-state index in [1.54, 1.807) is 22.7 Å². The maximum absolute atomic E-state index is 12.9. The minimum Gasteiger partial charge on any atom is -0.381 e. The third-order valence-corrected chi connectivity index (χ3v) is 10.6. The number of thiazole rings is 2. The van der Waals surface area contributed by atoms with Crippen LogP contribution in [0.15, 0.2) is 6.07 Å². The molecular weight excluding hydrogens is 546 g/mol. The van der Waals surface area contributed by atoms with Gasteiger partial charge in [-0.2, -0.15) is 0 Å². The van der Waals surface area contributed by atoms with Gasteiger partial charge in [0.15, 0.2) is 10.3 Å². The number of aryl methyl sites for hydroxylation is 1. The Balaban J connectivity index is 1.04. The molecule has 1 aromatic carbocycles. The molecule has 216 valence electrons. The van der Waals surface area contributed by atoms with E-state index in [1.807, 2.05) is 23.8 Å². The van der Waals surface area contributed by atoms with Crippen LogP contribution in [0.3, 0.4) is 0 Å². The standard InChI is InChI=1S/C28H39N7O3S2/c1-18-25-21(39-27(31-25)29-16-23(36)33(2)19-7-13-38-14-8-19)15-22-26(18)32-28(40-22)30-17-24(37)35-11-9-34(10-12-35)20-5-3-4-6-20/h15,19-20H,3-14,16-17H2,1-2H3,(H,29,31)(H,30,32). The van der Waals surface area contributed by atoms with Crippen LogP contribution >= 0.6 is 22.7 Å². The predicted molar refractivity (Wildman–Crippen MR) is 162 cm³/mol. The molecule has 4 heterocycles. The Kier molecular flexibility index (Phi) is 8.38. The Bertz CT molecular complexity index is 1350. The van der Waals surface area contributed by atoms with Crippen LogP contribution in [-0.4, -0.2) is 108 Å². The summed E-state index contributed by atoms with van der Waals surface area (Å²) in [5.74, 6) is 0.198.